The number of carbonyl (C=O) groups excluding carboxylic acids is 2. The Morgan fingerprint density at radius 2 is 1.76 bits per heavy atom. The normalized spacial score (nSPS) is 24.4. The number of benzene rings is 2. The molecular formula is C30H33FN2O5. The zero-order chi connectivity index (χ0) is 26.8. The van der Waals surface area contributed by atoms with Crippen LogP contribution in [0.5, 0.6) is 0 Å². The van der Waals surface area contributed by atoms with Crippen LogP contribution in [0.2, 0.25) is 0 Å². The van der Waals surface area contributed by atoms with Crippen molar-refractivity contribution in [2.75, 3.05) is 13.2 Å². The lowest BCUT2D eigenvalue weighted by Crippen LogP contribution is -2.47. The first-order valence-corrected chi connectivity index (χ1v) is 13.3. The Hall–Kier alpha value is -3.52. The van der Waals surface area contributed by atoms with Crippen LogP contribution >= 0.6 is 0 Å². The Morgan fingerprint density at radius 1 is 1.03 bits per heavy atom. The highest BCUT2D eigenvalue weighted by molar-refractivity contribution is 5.94. The summed E-state index contributed by atoms with van der Waals surface area (Å²) in [5, 5.41) is 9.84. The quantitative estimate of drug-likeness (QED) is 0.444. The Labute approximate surface area is 220 Å². The molecule has 8 heteroatoms. The van der Waals surface area contributed by atoms with Crippen LogP contribution in [0, 0.1) is 11.8 Å². The maximum absolute atomic E-state index is 13.9. The molecule has 2 aromatic carbocycles. The summed E-state index contributed by atoms with van der Waals surface area (Å²) in [5.41, 5.74) is 8.14. The van der Waals surface area contributed by atoms with Crippen LogP contribution in [-0.2, 0) is 16.0 Å². The van der Waals surface area contributed by atoms with Gasteiger partial charge in [-0.1, -0.05) is 36.4 Å². The highest BCUT2D eigenvalue weighted by Crippen LogP contribution is 2.38. The number of ketones is 1. The maximum atomic E-state index is 13.9. The summed E-state index contributed by atoms with van der Waals surface area (Å²) in [6.07, 6.45) is 3.59. The van der Waals surface area contributed by atoms with Crippen LogP contribution < -0.4 is 5.73 Å². The van der Waals surface area contributed by atoms with E-state index in [2.05, 4.69) is 0 Å². The maximum Gasteiger partial charge on any atom is 0.371 e. The summed E-state index contributed by atoms with van der Waals surface area (Å²) < 4.78 is 18.4. The minimum absolute atomic E-state index is 0.00503. The highest BCUT2D eigenvalue weighted by atomic mass is 19.1. The summed E-state index contributed by atoms with van der Waals surface area (Å²) >= 11 is 0. The van der Waals surface area contributed by atoms with Crippen LogP contribution in [0.25, 0.3) is 11.0 Å². The SMILES string of the molecule is NC(CF)C1CCC(C(=O)N2CC[C@@H](c3ccccc3)[C@H]2C(=O)Cc2ccc3oc(C(=O)O)cc3c2)CC1. The molecule has 0 radical (unpaired) electrons. The first-order chi connectivity index (χ1) is 18.4. The second-order valence-electron chi connectivity index (χ2n) is 10.6. The number of carboxylic acid groups (broad SMARTS) is 1. The number of hydrogen-bond acceptors (Lipinski definition) is 5. The van der Waals surface area contributed by atoms with Gasteiger partial charge in [-0.05, 0) is 67.3 Å². The predicted octanol–water partition coefficient (Wildman–Crippen LogP) is 4.73. The molecule has 38 heavy (non-hydrogen) atoms. The number of nitrogens with zero attached hydrogens (tertiary/aromatic N) is 1. The minimum Gasteiger partial charge on any atom is -0.475 e. The molecule has 2 fully saturated rings. The molecule has 1 unspecified atom stereocenters. The molecule has 2 heterocycles. The predicted molar refractivity (Wildman–Crippen MR) is 141 cm³/mol. The largest absolute Gasteiger partial charge is 0.475 e. The zero-order valence-electron chi connectivity index (χ0n) is 21.2. The van der Waals surface area contributed by atoms with E-state index < -0.39 is 24.7 Å². The first kappa shape index (κ1) is 26.1. The molecule has 1 amide bonds. The third-order valence-electron chi connectivity index (χ3n) is 8.31. The van der Waals surface area contributed by atoms with Gasteiger partial charge in [-0.25, -0.2) is 9.18 Å². The van der Waals surface area contributed by atoms with Crippen molar-refractivity contribution in [3.63, 3.8) is 0 Å². The smallest absolute Gasteiger partial charge is 0.371 e. The van der Waals surface area contributed by atoms with Gasteiger partial charge >= 0.3 is 5.97 Å². The average molecular weight is 521 g/mol. The fourth-order valence-electron chi connectivity index (χ4n) is 6.26. The molecule has 0 spiro atoms. The molecule has 7 nitrogen and oxygen atoms in total. The number of carboxylic acids is 1. The van der Waals surface area contributed by atoms with Gasteiger partial charge in [-0.15, -0.1) is 0 Å². The van der Waals surface area contributed by atoms with Gasteiger partial charge < -0.3 is 20.2 Å². The van der Waals surface area contributed by atoms with Gasteiger partial charge in [0.25, 0.3) is 0 Å². The minimum atomic E-state index is -1.15. The average Bonchev–Trinajstić information content (AvgIpc) is 3.58. The van der Waals surface area contributed by atoms with E-state index in [0.717, 1.165) is 24.0 Å². The fraction of sp³-hybridized carbons (Fsp3) is 0.433. The third kappa shape index (κ3) is 5.23. The topological polar surface area (TPSA) is 114 Å². The third-order valence-corrected chi connectivity index (χ3v) is 8.31. The number of alkyl halides is 1. The van der Waals surface area contributed by atoms with Gasteiger partial charge in [-0.3, -0.25) is 9.59 Å². The Bertz CT molecular complexity index is 1310. The van der Waals surface area contributed by atoms with Crippen LogP contribution in [0.1, 0.15) is 59.7 Å². The number of likely N-dealkylation sites (tertiary alicyclic amines) is 1. The molecule has 1 saturated heterocycles. The number of nitrogens with two attached hydrogens (primary N) is 1. The molecular weight excluding hydrogens is 487 g/mol. The van der Waals surface area contributed by atoms with Gasteiger partial charge in [0.15, 0.2) is 5.78 Å². The van der Waals surface area contributed by atoms with E-state index in [1.807, 2.05) is 30.3 Å². The zero-order valence-corrected chi connectivity index (χ0v) is 21.2. The van der Waals surface area contributed by atoms with E-state index in [9.17, 15) is 23.9 Å². The summed E-state index contributed by atoms with van der Waals surface area (Å²) in [4.78, 5) is 40.6. The van der Waals surface area contributed by atoms with Gasteiger partial charge in [0, 0.05) is 36.2 Å². The molecule has 1 aliphatic heterocycles. The second-order valence-corrected chi connectivity index (χ2v) is 10.6. The summed E-state index contributed by atoms with van der Waals surface area (Å²) in [6.45, 7) is -0.0333. The molecule has 1 aromatic heterocycles. The second kappa shape index (κ2) is 11.1. The van der Waals surface area contributed by atoms with E-state index in [4.69, 9.17) is 10.2 Å². The fourth-order valence-corrected chi connectivity index (χ4v) is 6.26. The monoisotopic (exact) mass is 520 g/mol. The lowest BCUT2D eigenvalue weighted by Gasteiger charge is -2.35. The van der Waals surface area contributed by atoms with Crippen molar-refractivity contribution in [2.24, 2.45) is 17.6 Å². The molecule has 1 aliphatic carbocycles. The number of fused-ring (bicyclic) bond motifs is 1. The van der Waals surface area contributed by atoms with Gasteiger partial charge in [0.1, 0.15) is 12.3 Å². The van der Waals surface area contributed by atoms with Crippen molar-refractivity contribution < 1.29 is 28.3 Å². The molecule has 2 aliphatic rings. The Balaban J connectivity index is 1.37. The number of amides is 1. The van der Waals surface area contributed by atoms with Crippen LogP contribution in [0.4, 0.5) is 4.39 Å². The van der Waals surface area contributed by atoms with Gasteiger partial charge in [-0.2, -0.15) is 0 Å². The van der Waals surface area contributed by atoms with E-state index in [1.54, 1.807) is 23.1 Å². The van der Waals surface area contributed by atoms with Crippen molar-refractivity contribution in [2.45, 2.75) is 56.5 Å². The Morgan fingerprint density at radius 3 is 2.45 bits per heavy atom. The van der Waals surface area contributed by atoms with E-state index in [0.29, 0.717) is 36.8 Å². The van der Waals surface area contributed by atoms with Crippen LogP contribution in [0.15, 0.2) is 59.0 Å². The number of halogens is 1. The first-order valence-electron chi connectivity index (χ1n) is 13.3. The molecule has 5 rings (SSSR count). The molecule has 200 valence electrons. The summed E-state index contributed by atoms with van der Waals surface area (Å²) in [7, 11) is 0. The van der Waals surface area contributed by atoms with E-state index in [1.165, 1.54) is 6.07 Å². The van der Waals surface area contributed by atoms with E-state index in [-0.39, 0.29) is 41.6 Å². The number of hydrogen-bond donors (Lipinski definition) is 2. The molecule has 0 bridgehead atoms. The van der Waals surface area contributed by atoms with Crippen LogP contribution in [-0.4, -0.2) is 53.0 Å². The van der Waals surface area contributed by atoms with Crippen molar-refractivity contribution in [1.29, 1.82) is 0 Å². The molecule has 3 aromatic rings. The lowest BCUT2D eigenvalue weighted by atomic mass is 9.78. The van der Waals surface area contributed by atoms with E-state index >= 15 is 0 Å². The number of carbonyl (C=O) groups is 3. The van der Waals surface area contributed by atoms with Crippen LogP contribution in [0.3, 0.4) is 0 Å². The summed E-state index contributed by atoms with van der Waals surface area (Å²) in [5.74, 6) is -1.52. The number of furan rings is 1. The van der Waals surface area contributed by atoms with Crippen molar-refractivity contribution in [1.82, 2.24) is 4.90 Å². The Kier molecular flexibility index (Phi) is 7.61. The van der Waals surface area contributed by atoms with Gasteiger partial charge in [0.2, 0.25) is 11.7 Å². The highest BCUT2D eigenvalue weighted by Gasteiger charge is 2.44. The van der Waals surface area contributed by atoms with Crippen molar-refractivity contribution in [3.8, 4) is 0 Å². The lowest BCUT2D eigenvalue weighted by molar-refractivity contribution is -0.142. The molecule has 3 N–H and O–H groups in total. The summed E-state index contributed by atoms with van der Waals surface area (Å²) in [6, 6.07) is 15.5. The number of Topliss-reactive ketones (excluding diaryl/α,β-unsaturated/α-hetero) is 1. The van der Waals surface area contributed by atoms with Crippen molar-refractivity contribution in [3.05, 3.63) is 71.5 Å². The van der Waals surface area contributed by atoms with Crippen molar-refractivity contribution >= 4 is 28.6 Å². The number of aromatic carboxylic acids is 1. The molecule has 3 atom stereocenters. The molecule has 1 saturated carbocycles. The standard InChI is InChI=1S/C30H33FN2O5/c31-17-24(32)20-7-9-21(10-8-20)29(35)33-13-12-23(19-4-2-1-3-5-19)28(33)25(34)15-18-6-11-26-22(14-18)16-27(38-26)30(36)37/h1-6,11,14,16,20-21,23-24,28H,7-10,12-13,15,17,32H2,(H,36,37)/t20?,21?,23-,24?,28-/m0/s1. The van der Waals surface area contributed by atoms with Gasteiger partial charge in [0.05, 0.1) is 6.04 Å². The number of rotatable bonds is 8.